The Bertz CT molecular complexity index is 587. The molecule has 31 heavy (non-hydrogen) atoms. The summed E-state index contributed by atoms with van der Waals surface area (Å²) in [6.45, 7) is 4.54. The van der Waals surface area contributed by atoms with Crippen molar-refractivity contribution in [2.45, 2.75) is 111 Å². The number of thiol groups is 1. The van der Waals surface area contributed by atoms with E-state index in [0.717, 1.165) is 0 Å². The summed E-state index contributed by atoms with van der Waals surface area (Å²) in [5.74, 6) is 0. The number of hydrogen-bond acceptors (Lipinski definition) is 4. The Morgan fingerprint density at radius 1 is 0.806 bits per heavy atom. The van der Waals surface area contributed by atoms with E-state index in [9.17, 15) is 0 Å². The topological polar surface area (TPSA) is 12.4 Å². The van der Waals surface area contributed by atoms with Crippen molar-refractivity contribution in [2.24, 2.45) is 4.30 Å². The average molecular weight is 546 g/mol. The fourth-order valence-electron chi connectivity index (χ4n) is 3.10. The van der Waals surface area contributed by atoms with Crippen LogP contribution in [0, 0.1) is 0 Å². The summed E-state index contributed by atoms with van der Waals surface area (Å²) in [5.41, 5.74) is 0. The van der Waals surface area contributed by atoms with Crippen LogP contribution in [0.4, 0.5) is 0 Å². The number of aryl methyl sites for hydroxylation is 2. The van der Waals surface area contributed by atoms with E-state index >= 15 is 0 Å². The van der Waals surface area contributed by atoms with Gasteiger partial charge in [-0.05, 0) is 65.2 Å². The van der Waals surface area contributed by atoms with Gasteiger partial charge >= 0.3 is 24.8 Å². The van der Waals surface area contributed by atoms with E-state index in [1.54, 1.807) is 4.88 Å². The Kier molecular flexibility index (Phi) is 28.3. The van der Waals surface area contributed by atoms with Crippen LogP contribution in [0.1, 0.15) is 108 Å². The van der Waals surface area contributed by atoms with Crippen molar-refractivity contribution < 1.29 is 0 Å². The predicted octanol–water partition coefficient (Wildman–Crippen LogP) is 10.9. The van der Waals surface area contributed by atoms with Crippen molar-refractivity contribution in [1.82, 2.24) is 0 Å². The predicted molar refractivity (Wildman–Crippen MR) is 154 cm³/mol. The Hall–Kier alpha value is 0.0949. The van der Waals surface area contributed by atoms with Gasteiger partial charge in [-0.1, -0.05) is 91.5 Å². The maximum atomic E-state index is 4.34. The number of hydrogen-bond donors (Lipinski definition) is 1. The van der Waals surface area contributed by atoms with Gasteiger partial charge in [0.2, 0.25) is 0 Å². The van der Waals surface area contributed by atoms with Crippen LogP contribution in [0.25, 0.3) is 0 Å². The summed E-state index contributed by atoms with van der Waals surface area (Å²) in [7, 11) is 4.34. The molecule has 2 rings (SSSR count). The van der Waals surface area contributed by atoms with Gasteiger partial charge in [-0.3, -0.25) is 0 Å². The first kappa shape index (κ1) is 33.3. The first-order valence-electron chi connectivity index (χ1n) is 11.5. The van der Waals surface area contributed by atoms with Gasteiger partial charge in [-0.25, -0.2) is 0 Å². The van der Waals surface area contributed by atoms with Crippen molar-refractivity contribution in [3.8, 4) is 0 Å². The van der Waals surface area contributed by atoms with Crippen LogP contribution in [0.3, 0.4) is 0 Å². The summed E-state index contributed by atoms with van der Waals surface area (Å²) in [6, 6.07) is 8.78. The van der Waals surface area contributed by atoms with Crippen molar-refractivity contribution >= 4 is 59.1 Å². The quantitative estimate of drug-likeness (QED) is 0.138. The number of rotatable bonds is 14. The van der Waals surface area contributed by atoms with Crippen molar-refractivity contribution in [3.05, 3.63) is 43.2 Å². The summed E-state index contributed by atoms with van der Waals surface area (Å²) >= 11 is 10.4. The molecule has 2 heterocycles. The van der Waals surface area contributed by atoms with Gasteiger partial charge in [-0.2, -0.15) is 0 Å². The minimum atomic E-state index is 0. The van der Waals surface area contributed by atoms with Crippen LogP contribution < -0.4 is 0 Å². The molecule has 0 atom stereocenters. The van der Waals surface area contributed by atoms with Crippen LogP contribution in [0.15, 0.2) is 37.7 Å². The fraction of sp³-hybridized carbons (Fsp3) is 0.680. The van der Waals surface area contributed by atoms with Crippen LogP contribution in [-0.4, -0.2) is 7.64 Å². The monoisotopic (exact) mass is 544 g/mol. The Morgan fingerprint density at radius 3 is 1.71 bits per heavy atom. The van der Waals surface area contributed by atoms with Crippen molar-refractivity contribution in [1.29, 1.82) is 0 Å². The molecule has 1 nitrogen and oxygen atoms in total. The van der Waals surface area contributed by atoms with Crippen LogP contribution in [0.5, 0.6) is 0 Å². The molecule has 2 aromatic rings. The molecule has 0 spiro atoms. The number of thiophene rings is 2. The zero-order valence-electron chi connectivity index (χ0n) is 19.0. The SMILES string of the molecule is C.CCCCCCCCc1ccc(Br)s1.CCCCCCCCc1cccs1.[B]=NS. The minimum absolute atomic E-state index is 0. The average Bonchev–Trinajstić information content (AvgIpc) is 3.40. The molecule has 0 aliphatic rings. The second-order valence-electron chi connectivity index (χ2n) is 7.44. The van der Waals surface area contributed by atoms with Gasteiger partial charge in [0.25, 0.3) is 0 Å². The van der Waals surface area contributed by atoms with Gasteiger partial charge in [-0.15, -0.1) is 22.7 Å². The van der Waals surface area contributed by atoms with E-state index < -0.39 is 0 Å². The zero-order chi connectivity index (χ0) is 22.3. The normalized spacial score (nSPS) is 9.65. The molecule has 0 aromatic carbocycles. The number of nitrogens with zero attached hydrogens (tertiary/aromatic N) is 1. The molecule has 0 amide bonds. The van der Waals surface area contributed by atoms with Crippen LogP contribution in [-0.2, 0) is 12.8 Å². The molecule has 0 N–H and O–H groups in total. The molecule has 0 unspecified atom stereocenters. The van der Waals surface area contributed by atoms with E-state index in [0.29, 0.717) is 0 Å². The summed E-state index contributed by atoms with van der Waals surface area (Å²) in [4.78, 5) is 3.07. The molecule has 0 saturated carbocycles. The first-order valence-corrected chi connectivity index (χ1v) is 14.4. The van der Waals surface area contributed by atoms with Gasteiger partial charge in [0.05, 0.1) is 3.79 Å². The zero-order valence-corrected chi connectivity index (χ0v) is 23.1. The first-order chi connectivity index (χ1) is 14.7. The van der Waals surface area contributed by atoms with E-state index in [1.807, 2.05) is 22.7 Å². The van der Waals surface area contributed by atoms with E-state index in [4.69, 9.17) is 0 Å². The molecule has 0 aliphatic heterocycles. The van der Waals surface area contributed by atoms with Crippen molar-refractivity contribution in [2.75, 3.05) is 0 Å². The maximum absolute atomic E-state index is 4.34. The summed E-state index contributed by atoms with van der Waals surface area (Å²) in [6.07, 6.45) is 19.3. The molecule has 6 heteroatoms. The van der Waals surface area contributed by atoms with E-state index in [1.165, 1.54) is 98.6 Å². The second-order valence-corrected chi connectivity index (χ2v) is 11.2. The molecular formula is C25H44BBrNS3. The molecule has 0 saturated heterocycles. The third-order valence-corrected chi connectivity index (χ3v) is 7.38. The number of halogens is 1. The third kappa shape index (κ3) is 23.1. The van der Waals surface area contributed by atoms with Crippen LogP contribution in [0.2, 0.25) is 0 Å². The van der Waals surface area contributed by atoms with E-state index in [2.05, 4.69) is 84.2 Å². The molecule has 177 valence electrons. The van der Waals surface area contributed by atoms with Gasteiger partial charge in [0.15, 0.2) is 0 Å². The molecule has 1 radical (unpaired) electrons. The second kappa shape index (κ2) is 26.3. The van der Waals surface area contributed by atoms with Crippen LogP contribution >= 0.6 is 51.4 Å². The summed E-state index contributed by atoms with van der Waals surface area (Å²) < 4.78 is 3.96. The number of unbranched alkanes of at least 4 members (excludes halogenated alkanes) is 10. The van der Waals surface area contributed by atoms with Gasteiger partial charge in [0.1, 0.15) is 0 Å². The molecule has 2 aromatic heterocycles. The molecule has 0 aliphatic carbocycles. The van der Waals surface area contributed by atoms with E-state index in [-0.39, 0.29) is 7.43 Å². The summed E-state index contributed by atoms with van der Waals surface area (Å²) in [5, 5.41) is 2.17. The molecular weight excluding hydrogens is 501 g/mol. The molecule has 0 bridgehead atoms. The Morgan fingerprint density at radius 2 is 1.29 bits per heavy atom. The standard InChI is InChI=1S/C12H19BrS.C12H20S.CH4.BHNS/c1-2-3-4-5-6-7-8-11-9-10-12(13)14-11;1-2-3-4-5-6-7-9-12-10-8-11-13-12;;1-2-3/h9-10H,2-8H2,1H3;8,10-11H,2-7,9H2,1H3;1H4;3H. The Labute approximate surface area is 216 Å². The Balaban J connectivity index is 0. The molecule has 0 fully saturated rings. The van der Waals surface area contributed by atoms with Gasteiger partial charge in [0, 0.05) is 9.75 Å². The van der Waals surface area contributed by atoms with Crippen molar-refractivity contribution in [3.63, 3.8) is 0 Å². The van der Waals surface area contributed by atoms with Gasteiger partial charge < -0.3 is 0 Å². The fourth-order valence-corrected chi connectivity index (χ4v) is 5.38. The third-order valence-electron chi connectivity index (χ3n) is 4.76.